The Morgan fingerprint density at radius 2 is 2.05 bits per heavy atom. The van der Waals surface area contributed by atoms with Gasteiger partial charge in [-0.25, -0.2) is 0 Å². The van der Waals surface area contributed by atoms with Gasteiger partial charge in [0.15, 0.2) is 5.78 Å². The van der Waals surface area contributed by atoms with Gasteiger partial charge in [-0.1, -0.05) is 13.0 Å². The Bertz CT molecular complexity index is 495. The molecule has 0 aromatic rings. The normalized spacial score (nSPS) is 21.9. The minimum Gasteiger partial charge on any atom is -0.486 e. The van der Waals surface area contributed by atoms with Crippen molar-refractivity contribution >= 4 is 17.5 Å². The summed E-state index contributed by atoms with van der Waals surface area (Å²) in [6, 6.07) is -0.888. The number of ketones is 2. The summed E-state index contributed by atoms with van der Waals surface area (Å²) in [5.74, 6) is -0.445. The molecule has 122 valence electrons. The van der Waals surface area contributed by atoms with E-state index in [0.717, 1.165) is 0 Å². The summed E-state index contributed by atoms with van der Waals surface area (Å²) in [5, 5.41) is 8.84. The fourth-order valence-electron chi connectivity index (χ4n) is 2.17. The monoisotopic (exact) mass is 309 g/mol. The van der Waals surface area contributed by atoms with E-state index < -0.39 is 12.0 Å². The number of hydrogen-bond donors (Lipinski definition) is 2. The Morgan fingerprint density at radius 1 is 1.36 bits per heavy atom. The maximum atomic E-state index is 11.5. The van der Waals surface area contributed by atoms with Crippen molar-refractivity contribution in [2.75, 3.05) is 6.61 Å². The molecule has 0 aromatic carbocycles. The molecular weight excluding hydrogens is 286 g/mol. The number of hydrogen-bond acceptors (Lipinski definition) is 5. The van der Waals surface area contributed by atoms with Gasteiger partial charge in [0.1, 0.15) is 24.2 Å². The minimum atomic E-state index is -1.01. The van der Waals surface area contributed by atoms with Crippen molar-refractivity contribution < 1.29 is 24.2 Å². The van der Waals surface area contributed by atoms with Crippen LogP contribution in [0, 0.1) is 11.8 Å². The van der Waals surface area contributed by atoms with Gasteiger partial charge >= 0.3 is 5.97 Å². The van der Waals surface area contributed by atoms with Gasteiger partial charge in [0.25, 0.3) is 0 Å². The van der Waals surface area contributed by atoms with Gasteiger partial charge in [-0.15, -0.1) is 0 Å². The largest absolute Gasteiger partial charge is 0.486 e. The number of carbonyl (C=O) groups is 3. The van der Waals surface area contributed by atoms with E-state index in [2.05, 4.69) is 0 Å². The Hall–Kier alpha value is -1.95. The lowest BCUT2D eigenvalue weighted by Crippen LogP contribution is -2.33. The Balaban J connectivity index is 2.42. The Kier molecular flexibility index (Phi) is 6.98. The topological polar surface area (TPSA) is 107 Å². The minimum absolute atomic E-state index is 0.0173. The summed E-state index contributed by atoms with van der Waals surface area (Å²) < 4.78 is 5.41. The van der Waals surface area contributed by atoms with Gasteiger partial charge in [0.2, 0.25) is 0 Å². The second-order valence-corrected chi connectivity index (χ2v) is 5.66. The second kappa shape index (κ2) is 8.48. The number of carboxylic acid groups (broad SMARTS) is 1. The Labute approximate surface area is 130 Å². The first-order chi connectivity index (χ1) is 10.3. The number of nitrogens with two attached hydrogens (primary N) is 1. The van der Waals surface area contributed by atoms with Crippen molar-refractivity contribution in [2.24, 2.45) is 17.6 Å². The number of carboxylic acids is 1. The molecule has 0 spiro atoms. The van der Waals surface area contributed by atoms with Gasteiger partial charge in [-0.3, -0.25) is 9.59 Å². The van der Waals surface area contributed by atoms with Crippen LogP contribution in [-0.4, -0.2) is 35.3 Å². The number of aliphatic carboxylic acids is 1. The molecule has 1 aliphatic rings. The molecule has 1 aliphatic carbocycles. The highest BCUT2D eigenvalue weighted by Gasteiger charge is 2.23. The second-order valence-electron chi connectivity index (χ2n) is 5.66. The molecule has 6 heteroatoms. The SMILES string of the molecule is CC(=O)CCC(=O)COC1=CC(C)C(CC(N)C(=O)O)C=C1. The van der Waals surface area contributed by atoms with Crippen molar-refractivity contribution in [1.29, 1.82) is 0 Å². The van der Waals surface area contributed by atoms with Gasteiger partial charge < -0.3 is 20.4 Å². The third-order valence-electron chi connectivity index (χ3n) is 3.61. The summed E-state index contributed by atoms with van der Waals surface area (Å²) in [5.41, 5.74) is 5.54. The first-order valence-electron chi connectivity index (χ1n) is 7.32. The fraction of sp³-hybridized carbons (Fsp3) is 0.562. The molecular formula is C16H23NO5. The van der Waals surface area contributed by atoms with E-state index in [4.69, 9.17) is 15.6 Å². The predicted molar refractivity (Wildman–Crippen MR) is 81.0 cm³/mol. The van der Waals surface area contributed by atoms with Crippen LogP contribution in [0.1, 0.15) is 33.1 Å². The highest BCUT2D eigenvalue weighted by Crippen LogP contribution is 2.26. The molecule has 0 saturated carbocycles. The van der Waals surface area contributed by atoms with E-state index in [0.29, 0.717) is 12.2 Å². The van der Waals surface area contributed by atoms with Crippen LogP contribution in [0.3, 0.4) is 0 Å². The fourth-order valence-corrected chi connectivity index (χ4v) is 2.17. The molecule has 0 aliphatic heterocycles. The van der Waals surface area contributed by atoms with E-state index in [-0.39, 0.29) is 42.9 Å². The number of allylic oxidation sites excluding steroid dienone is 3. The molecule has 0 saturated heterocycles. The van der Waals surface area contributed by atoms with Crippen LogP contribution in [0.5, 0.6) is 0 Å². The van der Waals surface area contributed by atoms with Crippen LogP contribution in [0.4, 0.5) is 0 Å². The van der Waals surface area contributed by atoms with Crippen molar-refractivity contribution in [3.05, 3.63) is 24.0 Å². The standard InChI is InChI=1S/C16H23NO5/c1-10-7-14(22-9-13(19)5-3-11(2)18)6-4-12(10)8-15(17)16(20)21/h4,6-7,10,12,15H,3,5,8-9,17H2,1-2H3,(H,20,21). The first kappa shape index (κ1) is 18.1. The number of ether oxygens (including phenoxy) is 1. The summed E-state index contributed by atoms with van der Waals surface area (Å²) in [6.45, 7) is 3.34. The maximum Gasteiger partial charge on any atom is 0.320 e. The van der Waals surface area contributed by atoms with Crippen LogP contribution in [-0.2, 0) is 19.1 Å². The maximum absolute atomic E-state index is 11.5. The molecule has 0 radical (unpaired) electrons. The first-order valence-corrected chi connectivity index (χ1v) is 7.32. The van der Waals surface area contributed by atoms with Crippen LogP contribution in [0.25, 0.3) is 0 Å². The average Bonchev–Trinajstić information content (AvgIpc) is 2.45. The van der Waals surface area contributed by atoms with Gasteiger partial charge in [-0.2, -0.15) is 0 Å². The van der Waals surface area contributed by atoms with Crippen LogP contribution in [0.2, 0.25) is 0 Å². The van der Waals surface area contributed by atoms with Gasteiger partial charge in [0, 0.05) is 12.8 Å². The molecule has 3 atom stereocenters. The molecule has 3 unspecified atom stereocenters. The zero-order valence-electron chi connectivity index (χ0n) is 13.0. The van der Waals surface area contributed by atoms with Gasteiger partial charge in [-0.05, 0) is 37.3 Å². The van der Waals surface area contributed by atoms with E-state index >= 15 is 0 Å². The highest BCUT2D eigenvalue weighted by atomic mass is 16.5. The van der Waals surface area contributed by atoms with Crippen LogP contribution in [0.15, 0.2) is 24.0 Å². The lowest BCUT2D eigenvalue weighted by molar-refractivity contribution is -0.139. The molecule has 0 heterocycles. The molecule has 22 heavy (non-hydrogen) atoms. The van der Waals surface area contributed by atoms with Crippen molar-refractivity contribution in [2.45, 2.75) is 39.2 Å². The van der Waals surface area contributed by atoms with E-state index in [1.165, 1.54) is 6.92 Å². The molecule has 0 aromatic heterocycles. The quantitative estimate of drug-likeness (QED) is 0.667. The molecule has 3 N–H and O–H groups in total. The van der Waals surface area contributed by atoms with E-state index in [1.807, 2.05) is 19.1 Å². The Morgan fingerprint density at radius 3 is 2.59 bits per heavy atom. The number of Topliss-reactive ketones (excluding diaryl/α,β-unsaturated/α-hetero) is 2. The number of rotatable bonds is 9. The van der Waals surface area contributed by atoms with Crippen molar-refractivity contribution in [3.8, 4) is 0 Å². The molecule has 0 bridgehead atoms. The zero-order valence-corrected chi connectivity index (χ0v) is 13.0. The van der Waals surface area contributed by atoms with Crippen LogP contribution < -0.4 is 5.73 Å². The summed E-state index contributed by atoms with van der Waals surface area (Å²) in [7, 11) is 0. The summed E-state index contributed by atoms with van der Waals surface area (Å²) in [4.78, 5) is 33.1. The molecule has 0 amide bonds. The lowest BCUT2D eigenvalue weighted by Gasteiger charge is -2.24. The van der Waals surface area contributed by atoms with Gasteiger partial charge in [0.05, 0.1) is 0 Å². The van der Waals surface area contributed by atoms with Crippen molar-refractivity contribution in [3.63, 3.8) is 0 Å². The zero-order chi connectivity index (χ0) is 16.7. The predicted octanol–water partition coefficient (Wildman–Crippen LogP) is 1.45. The summed E-state index contributed by atoms with van der Waals surface area (Å²) >= 11 is 0. The molecule has 1 rings (SSSR count). The highest BCUT2D eigenvalue weighted by molar-refractivity contribution is 5.85. The smallest absolute Gasteiger partial charge is 0.320 e. The molecule has 6 nitrogen and oxygen atoms in total. The summed E-state index contributed by atoms with van der Waals surface area (Å²) in [6.07, 6.45) is 6.24. The van der Waals surface area contributed by atoms with E-state index in [9.17, 15) is 14.4 Å². The average molecular weight is 309 g/mol. The number of carbonyl (C=O) groups excluding carboxylic acids is 2. The lowest BCUT2D eigenvalue weighted by atomic mass is 9.84. The van der Waals surface area contributed by atoms with Crippen molar-refractivity contribution in [1.82, 2.24) is 0 Å². The van der Waals surface area contributed by atoms with Crippen LogP contribution >= 0.6 is 0 Å². The third kappa shape index (κ3) is 6.22. The van der Waals surface area contributed by atoms with E-state index in [1.54, 1.807) is 6.08 Å². The third-order valence-corrected chi connectivity index (χ3v) is 3.61. The molecule has 0 fully saturated rings.